The molecule has 0 aliphatic carbocycles. The molecule has 0 spiro atoms. The standard InChI is InChI=1S/C17H18O2/c1-17(2,3)14-11-7-10-13(16(14)19)15(18)12-8-5-4-6-9-12/h4-11,19H,1-3H3. The third kappa shape index (κ3) is 2.68. The lowest BCUT2D eigenvalue weighted by Gasteiger charge is -2.21. The lowest BCUT2D eigenvalue weighted by atomic mass is 9.84. The Morgan fingerprint density at radius 2 is 1.58 bits per heavy atom. The number of hydrogen-bond acceptors (Lipinski definition) is 2. The third-order valence-electron chi connectivity index (χ3n) is 3.12. The van der Waals surface area contributed by atoms with E-state index in [1.807, 2.05) is 51.1 Å². The van der Waals surface area contributed by atoms with E-state index in [4.69, 9.17) is 0 Å². The number of ketones is 1. The lowest BCUT2D eigenvalue weighted by molar-refractivity contribution is 0.103. The molecule has 0 aliphatic rings. The van der Waals surface area contributed by atoms with E-state index in [9.17, 15) is 9.90 Å². The van der Waals surface area contributed by atoms with Gasteiger partial charge >= 0.3 is 0 Å². The second-order valence-electron chi connectivity index (χ2n) is 5.65. The summed E-state index contributed by atoms with van der Waals surface area (Å²) in [6, 6.07) is 14.3. The third-order valence-corrected chi connectivity index (χ3v) is 3.12. The zero-order chi connectivity index (χ0) is 14.0. The zero-order valence-corrected chi connectivity index (χ0v) is 11.5. The first-order valence-corrected chi connectivity index (χ1v) is 6.33. The van der Waals surface area contributed by atoms with E-state index in [0.717, 1.165) is 5.56 Å². The fraction of sp³-hybridized carbons (Fsp3) is 0.235. The summed E-state index contributed by atoms with van der Waals surface area (Å²) >= 11 is 0. The van der Waals surface area contributed by atoms with E-state index in [0.29, 0.717) is 11.1 Å². The first-order valence-electron chi connectivity index (χ1n) is 6.33. The maximum Gasteiger partial charge on any atom is 0.196 e. The van der Waals surface area contributed by atoms with Gasteiger partial charge in [-0.25, -0.2) is 0 Å². The van der Waals surface area contributed by atoms with Gasteiger partial charge in [0.05, 0.1) is 5.56 Å². The molecule has 0 saturated heterocycles. The van der Waals surface area contributed by atoms with Crippen molar-refractivity contribution in [1.82, 2.24) is 0 Å². The van der Waals surface area contributed by atoms with Crippen LogP contribution in [0.2, 0.25) is 0 Å². The van der Waals surface area contributed by atoms with E-state index in [1.54, 1.807) is 18.2 Å². The van der Waals surface area contributed by atoms with E-state index in [-0.39, 0.29) is 16.9 Å². The van der Waals surface area contributed by atoms with Crippen molar-refractivity contribution in [3.8, 4) is 5.75 Å². The topological polar surface area (TPSA) is 37.3 Å². The molecule has 0 heterocycles. The first-order chi connectivity index (χ1) is 8.91. The first kappa shape index (κ1) is 13.3. The molecule has 2 rings (SSSR count). The quantitative estimate of drug-likeness (QED) is 0.825. The number of carbonyl (C=O) groups excluding carboxylic acids is 1. The SMILES string of the molecule is CC(C)(C)c1cccc(C(=O)c2ccccc2)c1O. The van der Waals surface area contributed by atoms with Crippen molar-refractivity contribution in [1.29, 1.82) is 0 Å². The molecule has 2 aromatic rings. The summed E-state index contributed by atoms with van der Waals surface area (Å²) in [6.07, 6.45) is 0. The van der Waals surface area contributed by atoms with Crippen LogP contribution >= 0.6 is 0 Å². The van der Waals surface area contributed by atoms with Crippen LogP contribution in [-0.4, -0.2) is 10.9 Å². The van der Waals surface area contributed by atoms with Crippen LogP contribution in [0.15, 0.2) is 48.5 Å². The molecular formula is C17H18O2. The van der Waals surface area contributed by atoms with Gasteiger partial charge in [-0.15, -0.1) is 0 Å². The molecule has 0 unspecified atom stereocenters. The van der Waals surface area contributed by atoms with E-state index in [2.05, 4.69) is 0 Å². The van der Waals surface area contributed by atoms with Gasteiger partial charge in [-0.3, -0.25) is 4.79 Å². The van der Waals surface area contributed by atoms with Gasteiger partial charge in [0.2, 0.25) is 0 Å². The number of phenols is 1. The fourth-order valence-corrected chi connectivity index (χ4v) is 2.08. The molecule has 0 atom stereocenters. The van der Waals surface area contributed by atoms with E-state index < -0.39 is 0 Å². The predicted molar refractivity (Wildman–Crippen MR) is 76.7 cm³/mol. The monoisotopic (exact) mass is 254 g/mol. The maximum absolute atomic E-state index is 12.4. The fourth-order valence-electron chi connectivity index (χ4n) is 2.08. The van der Waals surface area contributed by atoms with Crippen LogP contribution in [-0.2, 0) is 5.41 Å². The van der Waals surface area contributed by atoms with Crippen molar-refractivity contribution in [3.05, 3.63) is 65.2 Å². The normalized spacial score (nSPS) is 11.3. The molecule has 2 aromatic carbocycles. The lowest BCUT2D eigenvalue weighted by Crippen LogP contribution is -2.13. The molecule has 0 amide bonds. The summed E-state index contributed by atoms with van der Waals surface area (Å²) < 4.78 is 0. The Labute approximate surface area is 113 Å². The van der Waals surface area contributed by atoms with Gasteiger partial charge in [-0.2, -0.15) is 0 Å². The van der Waals surface area contributed by atoms with Gasteiger partial charge in [-0.1, -0.05) is 63.2 Å². The Morgan fingerprint density at radius 1 is 0.947 bits per heavy atom. The van der Waals surface area contributed by atoms with Gasteiger partial charge in [0.1, 0.15) is 5.75 Å². The Kier molecular flexibility index (Phi) is 3.43. The highest BCUT2D eigenvalue weighted by Gasteiger charge is 2.22. The number of phenolic OH excluding ortho intramolecular Hbond substituents is 1. The summed E-state index contributed by atoms with van der Waals surface area (Å²) in [5.74, 6) is -0.0620. The van der Waals surface area contributed by atoms with Crippen LogP contribution < -0.4 is 0 Å². The van der Waals surface area contributed by atoms with Crippen molar-refractivity contribution in [3.63, 3.8) is 0 Å². The highest BCUT2D eigenvalue weighted by Crippen LogP contribution is 2.33. The minimum atomic E-state index is -0.197. The minimum absolute atomic E-state index is 0.0869. The molecule has 98 valence electrons. The molecule has 2 heteroatoms. The number of hydrogen-bond donors (Lipinski definition) is 1. The van der Waals surface area contributed by atoms with Crippen molar-refractivity contribution in [2.45, 2.75) is 26.2 Å². The van der Waals surface area contributed by atoms with Crippen LogP contribution in [0.4, 0.5) is 0 Å². The van der Waals surface area contributed by atoms with Crippen molar-refractivity contribution in [2.24, 2.45) is 0 Å². The zero-order valence-electron chi connectivity index (χ0n) is 11.5. The predicted octanol–water partition coefficient (Wildman–Crippen LogP) is 3.92. The second kappa shape index (κ2) is 4.88. The van der Waals surface area contributed by atoms with Crippen LogP contribution in [0.5, 0.6) is 5.75 Å². The molecule has 0 aromatic heterocycles. The van der Waals surface area contributed by atoms with E-state index >= 15 is 0 Å². The summed E-state index contributed by atoms with van der Waals surface area (Å²) in [4.78, 5) is 12.4. The summed E-state index contributed by atoms with van der Waals surface area (Å²) in [6.45, 7) is 6.04. The number of aromatic hydroxyl groups is 1. The van der Waals surface area contributed by atoms with E-state index in [1.165, 1.54) is 0 Å². The van der Waals surface area contributed by atoms with Gasteiger partial charge in [0.15, 0.2) is 5.78 Å². The largest absolute Gasteiger partial charge is 0.507 e. The van der Waals surface area contributed by atoms with Crippen LogP contribution in [0, 0.1) is 0 Å². The molecule has 1 N–H and O–H groups in total. The number of benzene rings is 2. The highest BCUT2D eigenvalue weighted by atomic mass is 16.3. The maximum atomic E-state index is 12.4. The Bertz CT molecular complexity index is 592. The molecule has 19 heavy (non-hydrogen) atoms. The van der Waals surface area contributed by atoms with Crippen molar-refractivity contribution in [2.75, 3.05) is 0 Å². The molecule has 0 aliphatic heterocycles. The molecule has 0 fully saturated rings. The minimum Gasteiger partial charge on any atom is -0.507 e. The Balaban J connectivity index is 2.50. The smallest absolute Gasteiger partial charge is 0.196 e. The van der Waals surface area contributed by atoms with Gasteiger partial charge in [-0.05, 0) is 17.0 Å². The van der Waals surface area contributed by atoms with Gasteiger partial charge < -0.3 is 5.11 Å². The van der Waals surface area contributed by atoms with Crippen molar-refractivity contribution < 1.29 is 9.90 Å². The van der Waals surface area contributed by atoms with Crippen LogP contribution in [0.1, 0.15) is 42.3 Å². The number of rotatable bonds is 2. The highest BCUT2D eigenvalue weighted by molar-refractivity contribution is 6.10. The van der Waals surface area contributed by atoms with Crippen molar-refractivity contribution >= 4 is 5.78 Å². The molecule has 2 nitrogen and oxygen atoms in total. The average Bonchev–Trinajstić information content (AvgIpc) is 2.38. The second-order valence-corrected chi connectivity index (χ2v) is 5.65. The van der Waals surface area contributed by atoms with Gasteiger partial charge in [0.25, 0.3) is 0 Å². The Hall–Kier alpha value is -2.09. The molecule has 0 radical (unpaired) electrons. The molecule has 0 saturated carbocycles. The van der Waals surface area contributed by atoms with Crippen LogP contribution in [0.25, 0.3) is 0 Å². The summed E-state index contributed by atoms with van der Waals surface area (Å²) in [5, 5.41) is 10.3. The molecular weight excluding hydrogens is 236 g/mol. The Morgan fingerprint density at radius 3 is 2.16 bits per heavy atom. The molecule has 0 bridgehead atoms. The van der Waals surface area contributed by atoms with Gasteiger partial charge in [0, 0.05) is 5.56 Å². The summed E-state index contributed by atoms with van der Waals surface area (Å²) in [5.41, 5.74) is 1.54. The van der Waals surface area contributed by atoms with Crippen LogP contribution in [0.3, 0.4) is 0 Å². The number of para-hydroxylation sites is 1. The summed E-state index contributed by atoms with van der Waals surface area (Å²) in [7, 11) is 0. The average molecular weight is 254 g/mol. The number of carbonyl (C=O) groups is 1.